The summed E-state index contributed by atoms with van der Waals surface area (Å²) in [5.41, 5.74) is 7.42. The summed E-state index contributed by atoms with van der Waals surface area (Å²) in [6, 6.07) is 3.09. The largest absolute Gasteiger partial charge is 0.475 e. The van der Waals surface area contributed by atoms with E-state index in [1.54, 1.807) is 12.1 Å². The Morgan fingerprint density at radius 1 is 1.34 bits per heavy atom. The minimum absolute atomic E-state index is 0.138. The molecule has 10 heteroatoms. The van der Waals surface area contributed by atoms with Crippen LogP contribution < -0.4 is 15.8 Å². The average molecular weight is 446 g/mol. The molecule has 0 radical (unpaired) electrons. The molecule has 0 unspecified atom stereocenters. The first kappa shape index (κ1) is 21.3. The average Bonchev–Trinajstić information content (AvgIpc) is 2.77. The number of aryl methyl sites for hydroxylation is 1. The fourth-order valence-electron chi connectivity index (χ4n) is 4.81. The van der Waals surface area contributed by atoms with Crippen molar-refractivity contribution in [2.24, 2.45) is 5.73 Å². The van der Waals surface area contributed by atoms with E-state index in [9.17, 15) is 9.18 Å². The lowest BCUT2D eigenvalue weighted by molar-refractivity contribution is -0.156. The molecule has 6 rings (SSSR count). The molecule has 2 aromatic rings. The summed E-state index contributed by atoms with van der Waals surface area (Å²) in [5.74, 6) is -0.0835. The zero-order valence-corrected chi connectivity index (χ0v) is 17.7. The van der Waals surface area contributed by atoms with E-state index in [0.29, 0.717) is 48.5 Å². The third-order valence-electron chi connectivity index (χ3n) is 7.04. The summed E-state index contributed by atoms with van der Waals surface area (Å²) >= 11 is 0. The van der Waals surface area contributed by atoms with Crippen molar-refractivity contribution in [3.05, 3.63) is 29.7 Å². The number of hydrogen-bond acceptors (Lipinski definition) is 7. The maximum atomic E-state index is 14.8. The Hall–Kier alpha value is -2.56. The number of pyridine rings is 2. The number of hydrogen-bond donors (Lipinski definition) is 3. The van der Waals surface area contributed by atoms with E-state index in [-0.39, 0.29) is 23.8 Å². The van der Waals surface area contributed by atoms with E-state index in [4.69, 9.17) is 25.1 Å². The van der Waals surface area contributed by atoms with Crippen LogP contribution in [0.2, 0.25) is 0 Å². The summed E-state index contributed by atoms with van der Waals surface area (Å²) in [4.78, 5) is 19.5. The van der Waals surface area contributed by atoms with Gasteiger partial charge in [-0.15, -0.1) is 0 Å². The molecule has 4 N–H and O–H groups in total. The first-order valence-electron chi connectivity index (χ1n) is 11.0. The van der Waals surface area contributed by atoms with E-state index in [0.717, 1.165) is 25.7 Å². The number of nitrogens with one attached hydrogen (secondary N) is 1. The van der Waals surface area contributed by atoms with Crippen LogP contribution >= 0.6 is 0 Å². The monoisotopic (exact) mass is 446 g/mol. The molecule has 0 spiro atoms. The predicted octanol–water partition coefficient (Wildman–Crippen LogP) is 2.16. The maximum Gasteiger partial charge on any atom is 0.405 e. The van der Waals surface area contributed by atoms with Crippen LogP contribution in [0.3, 0.4) is 0 Å². The molecule has 1 aliphatic carbocycles. The van der Waals surface area contributed by atoms with Crippen molar-refractivity contribution in [2.45, 2.75) is 61.8 Å². The Morgan fingerprint density at radius 2 is 2.16 bits per heavy atom. The van der Waals surface area contributed by atoms with Gasteiger partial charge in [-0.05, 0) is 44.6 Å². The summed E-state index contributed by atoms with van der Waals surface area (Å²) in [6.45, 7) is 1.00. The van der Waals surface area contributed by atoms with Gasteiger partial charge in [-0.25, -0.2) is 14.2 Å². The van der Waals surface area contributed by atoms with E-state index >= 15 is 0 Å². The minimum atomic E-state index is -1.10. The van der Waals surface area contributed by atoms with Gasteiger partial charge >= 0.3 is 6.09 Å². The van der Waals surface area contributed by atoms with Crippen LogP contribution in [0.1, 0.15) is 37.7 Å². The first-order valence-corrected chi connectivity index (χ1v) is 11.0. The SMILES string of the molecule is NC12CCC(CCc3c(F)cnc4ccc(OC[C@H]5OC[C@H]5NC(=O)O)nc34)(CC1)OC2. The Bertz CT molecular complexity index is 1010. The van der Waals surface area contributed by atoms with Crippen molar-refractivity contribution in [1.82, 2.24) is 15.3 Å². The number of carboxylic acid groups (broad SMARTS) is 1. The fraction of sp³-hybridized carbons (Fsp3) is 0.591. The van der Waals surface area contributed by atoms with Gasteiger partial charge in [0.1, 0.15) is 18.5 Å². The lowest BCUT2D eigenvalue weighted by Gasteiger charge is -2.51. The van der Waals surface area contributed by atoms with Crippen LogP contribution in [-0.2, 0) is 15.9 Å². The molecular formula is C22H27FN4O5. The standard InChI is InChI=1S/C22H27FN4O5/c23-14-9-25-15-1-2-18(31-11-17-16(10-30-17)26-20(28)29)27-19(15)13(14)3-4-22-7-5-21(24,6-8-22)12-32-22/h1-2,9,16-17,26H,3-8,10-12,24H2,(H,28,29)/t16-,17-,21?,22?/m1/s1. The number of aromatic nitrogens is 2. The van der Waals surface area contributed by atoms with Gasteiger partial charge in [0.15, 0.2) is 0 Å². The summed E-state index contributed by atoms with van der Waals surface area (Å²) in [7, 11) is 0. The molecule has 5 heterocycles. The second-order valence-corrected chi connectivity index (χ2v) is 9.17. The molecule has 4 fully saturated rings. The highest BCUT2D eigenvalue weighted by Gasteiger charge is 2.47. The van der Waals surface area contributed by atoms with E-state index < -0.39 is 18.0 Å². The summed E-state index contributed by atoms with van der Waals surface area (Å²) < 4.78 is 32.0. The van der Waals surface area contributed by atoms with Crippen molar-refractivity contribution in [2.75, 3.05) is 19.8 Å². The van der Waals surface area contributed by atoms with Crippen LogP contribution in [0.4, 0.5) is 9.18 Å². The number of carbonyl (C=O) groups is 1. The number of rotatable bonds is 7. The normalized spacial score (nSPS) is 31.3. The lowest BCUT2D eigenvalue weighted by atomic mass is 9.70. The third kappa shape index (κ3) is 4.10. The summed E-state index contributed by atoms with van der Waals surface area (Å²) in [6.07, 6.45) is 4.57. The zero-order chi connectivity index (χ0) is 22.3. The van der Waals surface area contributed by atoms with Crippen molar-refractivity contribution in [3.63, 3.8) is 0 Å². The fourth-order valence-corrected chi connectivity index (χ4v) is 4.81. The molecule has 3 saturated heterocycles. The number of nitrogens with zero attached hydrogens (tertiary/aromatic N) is 2. The van der Waals surface area contributed by atoms with Crippen molar-refractivity contribution < 1.29 is 28.5 Å². The first-order chi connectivity index (χ1) is 15.3. The maximum absolute atomic E-state index is 14.8. The zero-order valence-electron chi connectivity index (χ0n) is 17.7. The molecule has 2 aromatic heterocycles. The molecule has 3 aliphatic heterocycles. The molecular weight excluding hydrogens is 419 g/mol. The minimum Gasteiger partial charge on any atom is -0.475 e. The van der Waals surface area contributed by atoms with Crippen LogP contribution in [-0.4, -0.2) is 64.3 Å². The number of ether oxygens (including phenoxy) is 3. The van der Waals surface area contributed by atoms with Gasteiger partial charge in [0.25, 0.3) is 0 Å². The topological polar surface area (TPSA) is 129 Å². The Kier molecular flexibility index (Phi) is 5.39. The Morgan fingerprint density at radius 3 is 2.81 bits per heavy atom. The van der Waals surface area contributed by atoms with Gasteiger partial charge in [-0.2, -0.15) is 0 Å². The highest BCUT2D eigenvalue weighted by Crippen LogP contribution is 2.45. The molecule has 4 aliphatic rings. The number of halogens is 1. The second-order valence-electron chi connectivity index (χ2n) is 9.17. The van der Waals surface area contributed by atoms with E-state index in [1.807, 2.05) is 0 Å². The van der Waals surface area contributed by atoms with Gasteiger partial charge in [-0.1, -0.05) is 0 Å². The molecule has 32 heavy (non-hydrogen) atoms. The van der Waals surface area contributed by atoms with E-state index in [2.05, 4.69) is 15.3 Å². The highest BCUT2D eigenvalue weighted by atomic mass is 19.1. The molecule has 0 aromatic carbocycles. The molecule has 1 saturated carbocycles. The molecule has 1 amide bonds. The van der Waals surface area contributed by atoms with Crippen LogP contribution in [0.15, 0.2) is 18.3 Å². The quantitative estimate of drug-likeness (QED) is 0.590. The van der Waals surface area contributed by atoms with Gasteiger partial charge in [-0.3, -0.25) is 4.98 Å². The van der Waals surface area contributed by atoms with Crippen LogP contribution in [0.5, 0.6) is 5.88 Å². The van der Waals surface area contributed by atoms with E-state index in [1.165, 1.54) is 6.20 Å². The van der Waals surface area contributed by atoms with Crippen molar-refractivity contribution >= 4 is 17.1 Å². The molecule has 2 atom stereocenters. The summed E-state index contributed by atoms with van der Waals surface area (Å²) in [5, 5.41) is 11.2. The van der Waals surface area contributed by atoms with Gasteiger partial charge in [0.2, 0.25) is 5.88 Å². The van der Waals surface area contributed by atoms with Crippen LogP contribution in [0.25, 0.3) is 11.0 Å². The van der Waals surface area contributed by atoms with Crippen molar-refractivity contribution in [3.8, 4) is 5.88 Å². The smallest absolute Gasteiger partial charge is 0.405 e. The Balaban J connectivity index is 1.29. The highest BCUT2D eigenvalue weighted by molar-refractivity contribution is 5.78. The number of amides is 1. The van der Waals surface area contributed by atoms with Gasteiger partial charge in [0.05, 0.1) is 42.1 Å². The molecule has 9 nitrogen and oxygen atoms in total. The van der Waals surface area contributed by atoms with Gasteiger partial charge in [0, 0.05) is 17.2 Å². The molecule has 2 bridgehead atoms. The van der Waals surface area contributed by atoms with Crippen LogP contribution in [0, 0.1) is 5.82 Å². The number of fused-ring (bicyclic) bond motifs is 4. The Labute approximate surface area is 184 Å². The van der Waals surface area contributed by atoms with Gasteiger partial charge < -0.3 is 30.4 Å². The molecule has 172 valence electrons. The predicted molar refractivity (Wildman–Crippen MR) is 112 cm³/mol. The third-order valence-corrected chi connectivity index (χ3v) is 7.04. The van der Waals surface area contributed by atoms with Crippen molar-refractivity contribution in [1.29, 1.82) is 0 Å². The lowest BCUT2D eigenvalue weighted by Crippen LogP contribution is -2.59. The second kappa shape index (κ2) is 8.09. The number of nitrogens with two attached hydrogens (primary N) is 1.